The predicted octanol–water partition coefficient (Wildman–Crippen LogP) is 14.3. The van der Waals surface area contributed by atoms with E-state index in [2.05, 4.69) is 20.8 Å². The number of unbranched alkanes of at least 4 members (excludes halogenated alkanes) is 24. The van der Waals surface area contributed by atoms with Gasteiger partial charge in [0.2, 0.25) is 0 Å². The van der Waals surface area contributed by atoms with Crippen LogP contribution in [0.3, 0.4) is 0 Å². The van der Waals surface area contributed by atoms with Crippen molar-refractivity contribution >= 4 is 24.2 Å². The van der Waals surface area contributed by atoms with Gasteiger partial charge in [-0.15, -0.1) is 0 Å². The van der Waals surface area contributed by atoms with E-state index in [1.165, 1.54) is 103 Å². The van der Waals surface area contributed by atoms with Crippen LogP contribution in [-0.2, 0) is 38.0 Å². The molecular weight excluding hydrogens is 737 g/mol. The zero-order valence-electron chi connectivity index (χ0n) is 38.1. The minimum absolute atomic E-state index is 0.0378. The van der Waals surface area contributed by atoms with Gasteiger partial charge in [0, 0.05) is 18.8 Å². The van der Waals surface area contributed by atoms with Crippen molar-refractivity contribution in [1.29, 1.82) is 0 Å². The first kappa shape index (κ1) is 55.5. The summed E-state index contributed by atoms with van der Waals surface area (Å²) in [6.07, 6.45) is 33.4. The van der Waals surface area contributed by atoms with Crippen LogP contribution in [0, 0.1) is 5.92 Å². The monoisotopic (exact) mass is 827 g/mol. The molecule has 0 radical (unpaired) electrons. The van der Waals surface area contributed by atoms with E-state index in [-0.39, 0.29) is 37.2 Å². The third-order valence-electron chi connectivity index (χ3n) is 10.5. The third kappa shape index (κ3) is 41.6. The molecule has 0 heterocycles. The molecule has 1 unspecified atom stereocenters. The number of carbonyl (C=O) groups excluding carboxylic acids is 4. The zero-order valence-corrected chi connectivity index (χ0v) is 38.1. The highest BCUT2D eigenvalue weighted by atomic mass is 16.7. The smallest absolute Gasteiger partial charge is 0.466 e. The summed E-state index contributed by atoms with van der Waals surface area (Å²) in [5.41, 5.74) is 0. The second kappa shape index (κ2) is 44.0. The Morgan fingerprint density at radius 1 is 0.362 bits per heavy atom. The lowest BCUT2D eigenvalue weighted by Crippen LogP contribution is -2.19. The molecule has 0 N–H and O–H groups in total. The first-order valence-electron chi connectivity index (χ1n) is 24.3. The molecule has 0 aliphatic carbocycles. The van der Waals surface area contributed by atoms with Gasteiger partial charge in [-0.05, 0) is 57.8 Å². The first-order valence-corrected chi connectivity index (χ1v) is 24.3. The van der Waals surface area contributed by atoms with Crippen molar-refractivity contribution < 1.29 is 47.6 Å². The molecule has 0 aliphatic rings. The van der Waals surface area contributed by atoms with Crippen molar-refractivity contribution in [3.05, 3.63) is 0 Å². The second-order valence-corrected chi connectivity index (χ2v) is 16.5. The largest absolute Gasteiger partial charge is 0.508 e. The van der Waals surface area contributed by atoms with Gasteiger partial charge in [0.05, 0.1) is 26.4 Å². The van der Waals surface area contributed by atoms with E-state index in [1.807, 2.05) is 6.92 Å². The molecule has 0 fully saturated rings. The number of rotatable bonds is 43. The highest BCUT2D eigenvalue weighted by Gasteiger charge is 2.16. The summed E-state index contributed by atoms with van der Waals surface area (Å²) in [6.45, 7) is 10.00. The average molecular weight is 827 g/mol. The van der Waals surface area contributed by atoms with Crippen LogP contribution in [-0.4, -0.2) is 63.4 Å². The van der Waals surface area contributed by atoms with Gasteiger partial charge in [-0.1, -0.05) is 169 Å². The van der Waals surface area contributed by atoms with E-state index in [9.17, 15) is 19.2 Å². The molecule has 0 spiro atoms. The molecule has 58 heavy (non-hydrogen) atoms. The Labute approximate surface area is 355 Å². The Morgan fingerprint density at radius 2 is 0.707 bits per heavy atom. The second-order valence-electron chi connectivity index (χ2n) is 16.5. The van der Waals surface area contributed by atoms with E-state index in [0.29, 0.717) is 45.5 Å². The number of ether oxygens (including phenoxy) is 6. The van der Waals surface area contributed by atoms with Gasteiger partial charge < -0.3 is 28.4 Å². The van der Waals surface area contributed by atoms with Gasteiger partial charge in [-0.3, -0.25) is 9.59 Å². The molecule has 0 saturated heterocycles. The Morgan fingerprint density at radius 3 is 1.17 bits per heavy atom. The highest BCUT2D eigenvalue weighted by Crippen LogP contribution is 2.18. The molecule has 0 aromatic carbocycles. The highest BCUT2D eigenvalue weighted by molar-refractivity contribution is 5.70. The fourth-order valence-electron chi connectivity index (χ4n) is 6.78. The van der Waals surface area contributed by atoms with E-state index in [0.717, 1.165) is 83.5 Å². The fraction of sp³-hybridized carbons (Fsp3) is 0.917. The van der Waals surface area contributed by atoms with Gasteiger partial charge >= 0.3 is 24.2 Å². The number of esters is 2. The molecule has 0 aliphatic heterocycles. The maximum Gasteiger partial charge on any atom is 0.508 e. The molecular formula is C48H90O10. The van der Waals surface area contributed by atoms with Crippen LogP contribution in [0.15, 0.2) is 0 Å². The summed E-state index contributed by atoms with van der Waals surface area (Å²) in [7, 11) is 0. The summed E-state index contributed by atoms with van der Waals surface area (Å²) in [6, 6.07) is 0. The molecule has 0 rings (SSSR count). The molecule has 342 valence electrons. The van der Waals surface area contributed by atoms with E-state index < -0.39 is 12.3 Å². The minimum Gasteiger partial charge on any atom is -0.466 e. The van der Waals surface area contributed by atoms with Crippen LogP contribution < -0.4 is 0 Å². The number of hydrogen-bond donors (Lipinski definition) is 0. The standard InChI is InChI=1S/C48H90O10/c1-5-8-11-14-17-18-23-31-38-53-45(49)36-29-26-30-37-46(50)56-41-43(4)42-57-47(51)54-39-32-24-19-20-25-33-40-55-48(52)58-44(34-27-21-15-12-9-6-2)35-28-22-16-13-10-7-3/h43-44H,5-42H2,1-4H3. The lowest BCUT2D eigenvalue weighted by atomic mass is 10.0. The average Bonchev–Trinajstić information content (AvgIpc) is 3.21. The van der Waals surface area contributed by atoms with Crippen molar-refractivity contribution in [2.75, 3.05) is 33.0 Å². The van der Waals surface area contributed by atoms with Gasteiger partial charge in [-0.2, -0.15) is 0 Å². The van der Waals surface area contributed by atoms with E-state index >= 15 is 0 Å². The van der Waals surface area contributed by atoms with Gasteiger partial charge in [0.25, 0.3) is 0 Å². The summed E-state index contributed by atoms with van der Waals surface area (Å²) < 4.78 is 32.2. The van der Waals surface area contributed by atoms with Crippen molar-refractivity contribution in [3.8, 4) is 0 Å². The van der Waals surface area contributed by atoms with Crippen LogP contribution in [0.4, 0.5) is 9.59 Å². The molecule has 10 nitrogen and oxygen atoms in total. The number of carbonyl (C=O) groups is 4. The van der Waals surface area contributed by atoms with Crippen molar-refractivity contribution in [1.82, 2.24) is 0 Å². The lowest BCUT2D eigenvalue weighted by Gasteiger charge is -2.18. The van der Waals surface area contributed by atoms with Crippen molar-refractivity contribution in [3.63, 3.8) is 0 Å². The zero-order chi connectivity index (χ0) is 42.6. The van der Waals surface area contributed by atoms with Crippen LogP contribution in [0.5, 0.6) is 0 Å². The molecule has 0 bridgehead atoms. The molecule has 0 saturated carbocycles. The van der Waals surface area contributed by atoms with Crippen LogP contribution in [0.25, 0.3) is 0 Å². The SMILES string of the molecule is CCCCCCCCCCOC(=O)CCCCCC(=O)OCC(C)COC(=O)OCCCCCCCCOC(=O)OC(CCCCCCCC)CCCCCCCC. The van der Waals surface area contributed by atoms with Gasteiger partial charge in [0.1, 0.15) is 12.7 Å². The molecule has 1 atom stereocenters. The van der Waals surface area contributed by atoms with Crippen molar-refractivity contribution in [2.24, 2.45) is 5.92 Å². The Hall–Kier alpha value is -2.52. The van der Waals surface area contributed by atoms with Gasteiger partial charge in [-0.25, -0.2) is 9.59 Å². The first-order chi connectivity index (χ1) is 28.3. The Bertz CT molecular complexity index is 925. The summed E-state index contributed by atoms with van der Waals surface area (Å²) in [5, 5.41) is 0. The summed E-state index contributed by atoms with van der Waals surface area (Å²) >= 11 is 0. The molecule has 0 amide bonds. The molecule has 0 aromatic rings. The summed E-state index contributed by atoms with van der Waals surface area (Å²) in [4.78, 5) is 48.4. The maximum absolute atomic E-state index is 12.4. The maximum atomic E-state index is 12.4. The third-order valence-corrected chi connectivity index (χ3v) is 10.5. The number of hydrogen-bond acceptors (Lipinski definition) is 10. The van der Waals surface area contributed by atoms with Crippen LogP contribution in [0.2, 0.25) is 0 Å². The Kier molecular flexibility index (Phi) is 42.1. The topological polar surface area (TPSA) is 124 Å². The van der Waals surface area contributed by atoms with Crippen molar-refractivity contribution in [2.45, 2.75) is 246 Å². The van der Waals surface area contributed by atoms with Crippen LogP contribution >= 0.6 is 0 Å². The molecule has 0 aromatic heterocycles. The molecule has 10 heteroatoms. The normalized spacial score (nSPS) is 11.7. The van der Waals surface area contributed by atoms with Gasteiger partial charge in [0.15, 0.2) is 0 Å². The Balaban J connectivity index is 3.77. The fourth-order valence-corrected chi connectivity index (χ4v) is 6.78. The van der Waals surface area contributed by atoms with E-state index in [1.54, 1.807) is 0 Å². The van der Waals surface area contributed by atoms with E-state index in [4.69, 9.17) is 28.4 Å². The summed E-state index contributed by atoms with van der Waals surface area (Å²) in [5.74, 6) is -0.592. The predicted molar refractivity (Wildman–Crippen MR) is 234 cm³/mol. The lowest BCUT2D eigenvalue weighted by molar-refractivity contribution is -0.145. The van der Waals surface area contributed by atoms with Crippen LogP contribution in [0.1, 0.15) is 240 Å². The quantitative estimate of drug-likeness (QED) is 0.0333. The minimum atomic E-state index is -0.709.